The van der Waals surface area contributed by atoms with Crippen molar-refractivity contribution >= 4 is 5.91 Å². The van der Waals surface area contributed by atoms with Gasteiger partial charge < -0.3 is 89.9 Å². The van der Waals surface area contributed by atoms with E-state index in [-0.39, 0.29) is 18.9 Å². The molecule has 0 spiro atoms. The summed E-state index contributed by atoms with van der Waals surface area (Å²) in [4.78, 5) is 13.4. The third-order valence-corrected chi connectivity index (χ3v) is 17.7. The van der Waals surface area contributed by atoms with E-state index in [1.54, 1.807) is 6.08 Å². The van der Waals surface area contributed by atoms with Gasteiger partial charge in [0.25, 0.3) is 0 Å². The number of aliphatic hydroxyl groups excluding tert-OH is 11. The average molecular weight is 1310 g/mol. The number of hydrogen-bond donors (Lipinski definition) is 12. The van der Waals surface area contributed by atoms with Crippen LogP contribution in [0.5, 0.6) is 0 Å². The van der Waals surface area contributed by atoms with Crippen molar-refractivity contribution in [1.29, 1.82) is 0 Å². The summed E-state index contributed by atoms with van der Waals surface area (Å²) in [5.41, 5.74) is 0. The van der Waals surface area contributed by atoms with Crippen LogP contribution in [0.4, 0.5) is 0 Å². The Labute approximate surface area is 553 Å². The Bertz CT molecular complexity index is 1950. The normalized spacial score (nSPS) is 28.1. The molecule has 3 heterocycles. The van der Waals surface area contributed by atoms with Crippen molar-refractivity contribution in [3.63, 3.8) is 0 Å². The van der Waals surface area contributed by atoms with Crippen LogP contribution in [0.25, 0.3) is 0 Å². The van der Waals surface area contributed by atoms with Crippen molar-refractivity contribution in [2.75, 3.05) is 26.4 Å². The highest BCUT2D eigenvalue weighted by atomic mass is 16.8. The highest BCUT2D eigenvalue weighted by Crippen LogP contribution is 2.33. The summed E-state index contributed by atoms with van der Waals surface area (Å²) in [6, 6.07) is -1.00. The zero-order chi connectivity index (χ0) is 66.8. The molecule has 19 heteroatoms. The molecule has 3 aliphatic heterocycles. The maximum absolute atomic E-state index is 13.4. The van der Waals surface area contributed by atoms with Crippen LogP contribution in [0.2, 0.25) is 0 Å². The molecule has 12 N–H and O–H groups in total. The Morgan fingerprint density at radius 2 is 0.728 bits per heavy atom. The van der Waals surface area contributed by atoms with E-state index in [0.717, 1.165) is 57.8 Å². The lowest BCUT2D eigenvalue weighted by Gasteiger charge is -2.48. The number of unbranched alkanes of at least 4 members (excludes halogenated alkanes) is 29. The summed E-state index contributed by atoms with van der Waals surface area (Å²) in [6.45, 7) is 1.69. The first-order chi connectivity index (χ1) is 44.8. The molecule has 0 saturated carbocycles. The minimum Gasteiger partial charge on any atom is -0.394 e. The number of hydrogen-bond acceptors (Lipinski definition) is 18. The zero-order valence-electron chi connectivity index (χ0n) is 56.5. The molecule has 17 unspecified atom stereocenters. The Kier molecular flexibility index (Phi) is 49.2. The standard InChI is InChI=1S/C73H129NO18/c1-3-5-7-9-11-13-15-17-19-21-23-24-25-26-27-28-29-30-31-32-33-35-37-39-41-43-45-47-49-51-61(79)74-56(57(78)50-48-46-44-42-40-38-36-34-22-20-18-16-14-12-10-8-6-4-2)55-87-71-67(85)64(82)69(59(53-76)89-71)92-73-68(86)65(83)70(60(54-77)90-73)91-72-66(84)63(81)62(80)58(52-75)88-72/h15,17,21-23,25-26,34,40,42,48,50,56-60,62-73,75-78,80-86H,3-14,16,18-20,24,27-33,35-39,41,43-47,49,51-55H2,1-2H3,(H,74,79)/b17-15-,23-21-,26-25-,34-22+,42-40+,50-48+. The van der Waals surface area contributed by atoms with E-state index in [4.69, 9.17) is 28.4 Å². The van der Waals surface area contributed by atoms with E-state index >= 15 is 0 Å². The van der Waals surface area contributed by atoms with Crippen molar-refractivity contribution in [2.45, 2.75) is 356 Å². The molecule has 0 aliphatic carbocycles. The van der Waals surface area contributed by atoms with E-state index in [2.05, 4.69) is 79.9 Å². The van der Waals surface area contributed by atoms with Crippen LogP contribution in [0.1, 0.15) is 251 Å². The number of aliphatic hydroxyl groups is 11. The van der Waals surface area contributed by atoms with Gasteiger partial charge in [-0.15, -0.1) is 0 Å². The molecule has 3 aliphatic rings. The highest BCUT2D eigenvalue weighted by molar-refractivity contribution is 5.76. The summed E-state index contributed by atoms with van der Waals surface area (Å²) >= 11 is 0. The van der Waals surface area contributed by atoms with Gasteiger partial charge in [0.15, 0.2) is 18.9 Å². The first kappa shape index (κ1) is 83.5. The quantitative estimate of drug-likeness (QED) is 0.0199. The van der Waals surface area contributed by atoms with Gasteiger partial charge >= 0.3 is 0 Å². The molecule has 534 valence electrons. The van der Waals surface area contributed by atoms with Crippen LogP contribution in [-0.2, 0) is 33.2 Å². The fraction of sp³-hybridized carbons (Fsp3) is 0.822. The van der Waals surface area contributed by atoms with Gasteiger partial charge in [-0.05, 0) is 83.5 Å². The number of amides is 1. The van der Waals surface area contributed by atoms with Crippen molar-refractivity contribution in [1.82, 2.24) is 5.32 Å². The lowest BCUT2D eigenvalue weighted by molar-refractivity contribution is -0.379. The largest absolute Gasteiger partial charge is 0.394 e. The third kappa shape index (κ3) is 35.5. The van der Waals surface area contributed by atoms with E-state index in [1.807, 2.05) is 6.08 Å². The Hall–Kier alpha value is -2.77. The van der Waals surface area contributed by atoms with Crippen LogP contribution in [-0.4, -0.2) is 193 Å². The van der Waals surface area contributed by atoms with E-state index in [1.165, 1.54) is 161 Å². The van der Waals surface area contributed by atoms with Gasteiger partial charge in [-0.2, -0.15) is 0 Å². The highest BCUT2D eigenvalue weighted by Gasteiger charge is 2.53. The van der Waals surface area contributed by atoms with Gasteiger partial charge in [0.05, 0.1) is 38.6 Å². The van der Waals surface area contributed by atoms with Crippen LogP contribution in [0.3, 0.4) is 0 Å². The molecule has 0 radical (unpaired) electrons. The van der Waals surface area contributed by atoms with Crippen LogP contribution in [0.15, 0.2) is 72.9 Å². The van der Waals surface area contributed by atoms with Gasteiger partial charge in [-0.3, -0.25) is 4.79 Å². The summed E-state index contributed by atoms with van der Waals surface area (Å²) in [5, 5.41) is 121. The first-order valence-corrected chi connectivity index (χ1v) is 36.2. The Morgan fingerprint density at radius 3 is 1.16 bits per heavy atom. The van der Waals surface area contributed by atoms with Crippen molar-refractivity contribution in [3.05, 3.63) is 72.9 Å². The number of nitrogens with one attached hydrogen (secondary N) is 1. The van der Waals surface area contributed by atoms with E-state index < -0.39 is 124 Å². The number of allylic oxidation sites excluding steroid dienone is 11. The van der Waals surface area contributed by atoms with Gasteiger partial charge in [0, 0.05) is 6.42 Å². The number of carbonyl (C=O) groups is 1. The zero-order valence-corrected chi connectivity index (χ0v) is 56.5. The second-order valence-corrected chi connectivity index (χ2v) is 25.7. The summed E-state index contributed by atoms with van der Waals surface area (Å²) in [6.07, 6.45) is 41.6. The Morgan fingerprint density at radius 1 is 0.391 bits per heavy atom. The molecule has 3 rings (SSSR count). The monoisotopic (exact) mass is 1310 g/mol. The van der Waals surface area contributed by atoms with Crippen molar-refractivity contribution in [2.24, 2.45) is 0 Å². The molecule has 0 bridgehead atoms. The first-order valence-electron chi connectivity index (χ1n) is 36.2. The molecular formula is C73H129NO18. The molecule has 0 aromatic rings. The van der Waals surface area contributed by atoms with Crippen LogP contribution in [0, 0.1) is 0 Å². The molecule has 19 nitrogen and oxygen atoms in total. The predicted octanol–water partition coefficient (Wildman–Crippen LogP) is 10.1. The van der Waals surface area contributed by atoms with Crippen LogP contribution >= 0.6 is 0 Å². The van der Waals surface area contributed by atoms with Gasteiger partial charge in [0.2, 0.25) is 5.91 Å². The molecule has 0 aromatic carbocycles. The lowest BCUT2D eigenvalue weighted by Crippen LogP contribution is -2.66. The smallest absolute Gasteiger partial charge is 0.220 e. The van der Waals surface area contributed by atoms with Crippen molar-refractivity contribution < 1.29 is 89.4 Å². The van der Waals surface area contributed by atoms with Crippen LogP contribution < -0.4 is 5.32 Å². The van der Waals surface area contributed by atoms with Crippen molar-refractivity contribution in [3.8, 4) is 0 Å². The molecule has 3 fully saturated rings. The molecular weight excluding hydrogens is 1180 g/mol. The number of rotatable bonds is 55. The predicted molar refractivity (Wildman–Crippen MR) is 360 cm³/mol. The SMILES string of the molecule is CCCCCCC/C=C\C/C=C\C/C=C\CCCCCCCCCCCCCCCCC(=O)NC(COC1OC(CO)C(OC2OC(CO)C(OC3OC(CO)C(O)C(O)C3O)C(O)C2O)C(O)C1O)C(O)/C=C/CC/C=C/CC/C=C/CCCCCCCCCC. The topological polar surface area (TPSA) is 307 Å². The fourth-order valence-electron chi connectivity index (χ4n) is 11.8. The van der Waals surface area contributed by atoms with E-state index in [0.29, 0.717) is 12.8 Å². The van der Waals surface area contributed by atoms with E-state index in [9.17, 15) is 61.0 Å². The second-order valence-electron chi connectivity index (χ2n) is 25.7. The molecule has 17 atom stereocenters. The molecule has 1 amide bonds. The Balaban J connectivity index is 1.42. The molecule has 3 saturated heterocycles. The molecule has 92 heavy (non-hydrogen) atoms. The minimum absolute atomic E-state index is 0.229. The maximum atomic E-state index is 13.4. The summed E-state index contributed by atoms with van der Waals surface area (Å²) < 4.78 is 34.3. The minimum atomic E-state index is -1.98. The summed E-state index contributed by atoms with van der Waals surface area (Å²) in [7, 11) is 0. The fourth-order valence-corrected chi connectivity index (χ4v) is 11.8. The summed E-state index contributed by atoms with van der Waals surface area (Å²) in [5.74, 6) is -0.291. The number of carbonyl (C=O) groups excluding carboxylic acids is 1. The maximum Gasteiger partial charge on any atom is 0.220 e. The lowest BCUT2D eigenvalue weighted by atomic mass is 9.96. The molecule has 0 aromatic heterocycles. The second kappa shape index (κ2) is 54.3. The third-order valence-electron chi connectivity index (χ3n) is 17.7. The van der Waals surface area contributed by atoms with Gasteiger partial charge in [-0.1, -0.05) is 234 Å². The number of ether oxygens (including phenoxy) is 6. The average Bonchev–Trinajstić information content (AvgIpc) is 0.834. The van der Waals surface area contributed by atoms with Gasteiger partial charge in [0.1, 0.15) is 73.2 Å². The van der Waals surface area contributed by atoms with Gasteiger partial charge in [-0.25, -0.2) is 0 Å².